The van der Waals surface area contributed by atoms with E-state index in [-0.39, 0.29) is 5.54 Å². The number of fused-ring (bicyclic) bond motifs is 3. The van der Waals surface area contributed by atoms with Gasteiger partial charge in [0.05, 0.1) is 17.4 Å². The van der Waals surface area contributed by atoms with E-state index in [2.05, 4.69) is 112 Å². The molecule has 2 aromatic carbocycles. The number of allylic oxidation sites excluding steroid dienone is 1. The van der Waals surface area contributed by atoms with Gasteiger partial charge in [-0.15, -0.1) is 5.10 Å². The van der Waals surface area contributed by atoms with Gasteiger partial charge < -0.3 is 0 Å². The molecule has 4 aromatic rings. The quantitative estimate of drug-likeness (QED) is 0.326. The first kappa shape index (κ1) is 22.3. The van der Waals surface area contributed by atoms with Crippen LogP contribution in [-0.4, -0.2) is 15.0 Å². The lowest BCUT2D eigenvalue weighted by Gasteiger charge is -2.35. The Labute approximate surface area is 202 Å². The van der Waals surface area contributed by atoms with Gasteiger partial charge in [0, 0.05) is 35.6 Å². The molecule has 0 atom stereocenters. The third-order valence-electron chi connectivity index (χ3n) is 7.66. The molecule has 0 saturated carbocycles. The van der Waals surface area contributed by atoms with Crippen molar-refractivity contribution >= 4 is 5.57 Å². The van der Waals surface area contributed by atoms with E-state index in [1.165, 1.54) is 44.6 Å². The van der Waals surface area contributed by atoms with Crippen LogP contribution in [0.2, 0.25) is 0 Å². The molecule has 0 saturated heterocycles. The molecule has 4 nitrogen and oxygen atoms in total. The Morgan fingerprint density at radius 3 is 2.29 bits per heavy atom. The van der Waals surface area contributed by atoms with E-state index in [0.717, 1.165) is 29.8 Å². The second-order valence-corrected chi connectivity index (χ2v) is 9.68. The summed E-state index contributed by atoms with van der Waals surface area (Å²) in [7, 11) is 0. The molecule has 0 amide bonds. The first-order valence-corrected chi connectivity index (χ1v) is 12.2. The molecule has 1 aliphatic heterocycles. The summed E-state index contributed by atoms with van der Waals surface area (Å²) in [6.45, 7) is 17.7. The average Bonchev–Trinajstić information content (AvgIpc) is 3.28. The zero-order valence-electron chi connectivity index (χ0n) is 21.1. The van der Waals surface area contributed by atoms with Crippen molar-refractivity contribution in [2.45, 2.75) is 59.9 Å². The van der Waals surface area contributed by atoms with E-state index in [4.69, 9.17) is 0 Å². The monoisotopic (exact) mass is 449 g/mol. The number of hydrogen-bond acceptors (Lipinski definition) is 2. The highest BCUT2D eigenvalue weighted by Crippen LogP contribution is 2.44. The molecule has 0 bridgehead atoms. The molecule has 0 unspecified atom stereocenters. The van der Waals surface area contributed by atoms with Crippen LogP contribution in [0.25, 0.3) is 33.8 Å². The summed E-state index contributed by atoms with van der Waals surface area (Å²) in [5.74, 6) is 0. The number of aryl methyl sites for hydroxylation is 4. The zero-order chi connectivity index (χ0) is 24.2. The first-order chi connectivity index (χ1) is 16.3. The number of rotatable bonds is 4. The Hall–Kier alpha value is -3.53. The second kappa shape index (κ2) is 8.05. The lowest BCUT2D eigenvalue weighted by molar-refractivity contribution is -0.741. The largest absolute Gasteiger partial charge is 0.220 e. The maximum atomic E-state index is 4.60. The standard InChI is InChI=1S/C30H33N4/c1-8-30(9-2)23(7)25-13-12-24(17-26(25)29-20(4)11-10-14-33(29)30)34-18-27(31-32-34)28-21(5)15-19(3)16-22(28)6/h10-18H,7-9H2,1-6H3/q+1. The summed E-state index contributed by atoms with van der Waals surface area (Å²) in [5, 5.41) is 9.06. The molecule has 34 heavy (non-hydrogen) atoms. The minimum Gasteiger partial charge on any atom is -0.220 e. The maximum Gasteiger partial charge on any atom is 0.216 e. The van der Waals surface area contributed by atoms with Crippen LogP contribution in [-0.2, 0) is 5.54 Å². The van der Waals surface area contributed by atoms with Crippen molar-refractivity contribution in [1.29, 1.82) is 0 Å². The minimum atomic E-state index is -0.100. The van der Waals surface area contributed by atoms with Crippen LogP contribution in [0.5, 0.6) is 0 Å². The topological polar surface area (TPSA) is 34.6 Å². The highest BCUT2D eigenvalue weighted by atomic mass is 15.4. The van der Waals surface area contributed by atoms with Gasteiger partial charge in [0.15, 0.2) is 11.7 Å². The summed E-state index contributed by atoms with van der Waals surface area (Å²) < 4.78 is 4.34. The smallest absolute Gasteiger partial charge is 0.216 e. The number of hydrogen-bond donors (Lipinski definition) is 0. The normalized spacial score (nSPS) is 14.1. The molecule has 0 N–H and O–H groups in total. The molecule has 4 heteroatoms. The van der Waals surface area contributed by atoms with Crippen molar-refractivity contribution < 1.29 is 4.57 Å². The van der Waals surface area contributed by atoms with Gasteiger partial charge >= 0.3 is 0 Å². The molecule has 172 valence electrons. The fraction of sp³-hybridized carbons (Fsp3) is 0.300. The van der Waals surface area contributed by atoms with Crippen molar-refractivity contribution in [2.75, 3.05) is 0 Å². The second-order valence-electron chi connectivity index (χ2n) is 9.68. The third-order valence-corrected chi connectivity index (χ3v) is 7.66. The van der Waals surface area contributed by atoms with E-state index in [0.29, 0.717) is 0 Å². The van der Waals surface area contributed by atoms with E-state index in [9.17, 15) is 0 Å². The molecule has 0 fully saturated rings. The van der Waals surface area contributed by atoms with Crippen molar-refractivity contribution in [3.8, 4) is 28.2 Å². The van der Waals surface area contributed by atoms with Crippen LogP contribution in [0, 0.1) is 27.7 Å². The molecule has 1 aliphatic rings. The van der Waals surface area contributed by atoms with Crippen LogP contribution in [0.15, 0.2) is 61.4 Å². The van der Waals surface area contributed by atoms with Gasteiger partial charge in [0.1, 0.15) is 5.69 Å². The molecule has 0 aliphatic carbocycles. The molecule has 3 heterocycles. The highest BCUT2D eigenvalue weighted by molar-refractivity contribution is 5.85. The molecular formula is C30H33N4+. The van der Waals surface area contributed by atoms with Gasteiger partial charge in [-0.25, -0.2) is 4.68 Å². The summed E-state index contributed by atoms with van der Waals surface area (Å²) in [5.41, 5.74) is 12.8. The fourth-order valence-electron chi connectivity index (χ4n) is 5.95. The van der Waals surface area contributed by atoms with Crippen LogP contribution < -0.4 is 4.57 Å². The van der Waals surface area contributed by atoms with Gasteiger partial charge in [-0.3, -0.25) is 0 Å². The molecule has 0 spiro atoms. The van der Waals surface area contributed by atoms with E-state index >= 15 is 0 Å². The van der Waals surface area contributed by atoms with Crippen molar-refractivity contribution in [2.24, 2.45) is 0 Å². The third kappa shape index (κ3) is 3.16. The van der Waals surface area contributed by atoms with Gasteiger partial charge in [0.2, 0.25) is 5.69 Å². The minimum absolute atomic E-state index is 0.100. The van der Waals surface area contributed by atoms with Crippen molar-refractivity contribution in [3.63, 3.8) is 0 Å². The van der Waals surface area contributed by atoms with Crippen LogP contribution in [0.3, 0.4) is 0 Å². The predicted octanol–water partition coefficient (Wildman–Crippen LogP) is 6.66. The Morgan fingerprint density at radius 2 is 1.62 bits per heavy atom. The average molecular weight is 450 g/mol. The summed E-state index contributed by atoms with van der Waals surface area (Å²) in [6.07, 6.45) is 6.27. The van der Waals surface area contributed by atoms with Gasteiger partial charge in [0.25, 0.3) is 0 Å². The van der Waals surface area contributed by atoms with Crippen LogP contribution >= 0.6 is 0 Å². The van der Waals surface area contributed by atoms with Gasteiger partial charge in [-0.2, -0.15) is 4.57 Å². The highest BCUT2D eigenvalue weighted by Gasteiger charge is 2.47. The Morgan fingerprint density at radius 1 is 0.912 bits per heavy atom. The van der Waals surface area contributed by atoms with E-state index < -0.39 is 0 Å². The Kier molecular flexibility index (Phi) is 5.27. The van der Waals surface area contributed by atoms with Gasteiger partial charge in [-0.1, -0.05) is 49.4 Å². The SMILES string of the molecule is C=C1c2ccc(-n3cc(-c4c(C)cc(C)cc4C)nn3)cc2-c2c(C)ccc[n+]2C1(CC)CC. The molecule has 5 rings (SSSR count). The summed E-state index contributed by atoms with van der Waals surface area (Å²) >= 11 is 0. The summed E-state index contributed by atoms with van der Waals surface area (Å²) in [6, 6.07) is 15.4. The number of aromatic nitrogens is 4. The Balaban J connectivity index is 1.66. The zero-order valence-corrected chi connectivity index (χ0v) is 21.1. The number of nitrogens with zero attached hydrogens (tertiary/aromatic N) is 4. The predicted molar refractivity (Wildman–Crippen MR) is 139 cm³/mol. The fourth-order valence-corrected chi connectivity index (χ4v) is 5.95. The maximum absolute atomic E-state index is 4.60. The molecule has 0 radical (unpaired) electrons. The van der Waals surface area contributed by atoms with Gasteiger partial charge in [-0.05, 0) is 62.6 Å². The number of pyridine rings is 1. The lowest BCUT2D eigenvalue weighted by Crippen LogP contribution is -2.59. The van der Waals surface area contributed by atoms with E-state index in [1.807, 2.05) is 10.9 Å². The van der Waals surface area contributed by atoms with E-state index in [1.54, 1.807) is 0 Å². The van der Waals surface area contributed by atoms with Crippen LogP contribution in [0.4, 0.5) is 0 Å². The first-order valence-electron chi connectivity index (χ1n) is 12.2. The molecule has 2 aromatic heterocycles. The van der Waals surface area contributed by atoms with Crippen molar-refractivity contribution in [1.82, 2.24) is 15.0 Å². The molecular weight excluding hydrogens is 416 g/mol. The number of benzene rings is 2. The lowest BCUT2D eigenvalue weighted by atomic mass is 9.75. The summed E-state index contributed by atoms with van der Waals surface area (Å²) in [4.78, 5) is 0. The van der Waals surface area contributed by atoms with Crippen LogP contribution in [0.1, 0.15) is 54.5 Å². The Bertz CT molecular complexity index is 1410. The van der Waals surface area contributed by atoms with Crippen molar-refractivity contribution in [3.05, 3.63) is 89.3 Å².